The minimum Gasteiger partial charge on any atom is -0.493 e. The molecule has 2 heterocycles. The van der Waals surface area contributed by atoms with E-state index in [0.717, 1.165) is 51.5 Å². The van der Waals surface area contributed by atoms with Crippen LogP contribution < -0.4 is 4.74 Å². The molecule has 1 aromatic rings. The average Bonchev–Trinajstić information content (AvgIpc) is 3.10. The molecule has 0 aromatic heterocycles. The van der Waals surface area contributed by atoms with Crippen molar-refractivity contribution in [3.05, 3.63) is 29.3 Å². The maximum Gasteiger partial charge on any atom is 0.237 e. The molecule has 2 aliphatic rings. The van der Waals surface area contributed by atoms with Gasteiger partial charge in [0.1, 0.15) is 11.3 Å². The van der Waals surface area contributed by atoms with Gasteiger partial charge in [0.05, 0.1) is 19.2 Å². The van der Waals surface area contributed by atoms with Crippen molar-refractivity contribution in [1.82, 2.24) is 14.7 Å². The fraction of sp³-hybridized carbons (Fsp3) is 0.600. The lowest BCUT2D eigenvalue weighted by atomic mass is 10.1. The zero-order valence-corrected chi connectivity index (χ0v) is 16.0. The predicted octanol–water partition coefficient (Wildman–Crippen LogP) is 1.50. The molecule has 3 rings (SSSR count). The first-order valence-electron chi connectivity index (χ1n) is 9.26. The summed E-state index contributed by atoms with van der Waals surface area (Å²) in [4.78, 5) is 18.6. The number of benzene rings is 1. The van der Waals surface area contributed by atoms with Gasteiger partial charge in [0.15, 0.2) is 0 Å². The van der Waals surface area contributed by atoms with E-state index in [9.17, 15) is 10.1 Å². The SMILES string of the molecule is CN(C(=O)CN1CCN(Cc2ccc3c(c2)CCO3)CC1)C(C)(C)C#N. The Morgan fingerprint density at radius 1 is 1.27 bits per heavy atom. The van der Waals surface area contributed by atoms with Crippen molar-refractivity contribution in [2.24, 2.45) is 0 Å². The molecule has 0 unspecified atom stereocenters. The van der Waals surface area contributed by atoms with E-state index in [1.54, 1.807) is 25.8 Å². The highest BCUT2D eigenvalue weighted by atomic mass is 16.5. The lowest BCUT2D eigenvalue weighted by Crippen LogP contribution is -2.52. The van der Waals surface area contributed by atoms with E-state index in [1.807, 2.05) is 0 Å². The second-order valence-electron chi connectivity index (χ2n) is 7.72. The number of hydrogen-bond acceptors (Lipinski definition) is 5. The number of likely N-dealkylation sites (N-methyl/N-ethyl adjacent to an activating group) is 1. The van der Waals surface area contributed by atoms with Crippen molar-refractivity contribution in [3.8, 4) is 11.8 Å². The molecule has 26 heavy (non-hydrogen) atoms. The zero-order chi connectivity index (χ0) is 18.7. The van der Waals surface area contributed by atoms with Crippen molar-refractivity contribution in [2.75, 3.05) is 46.4 Å². The van der Waals surface area contributed by atoms with Crippen LogP contribution in [0.4, 0.5) is 0 Å². The number of amides is 1. The zero-order valence-electron chi connectivity index (χ0n) is 16.0. The highest BCUT2D eigenvalue weighted by Crippen LogP contribution is 2.26. The van der Waals surface area contributed by atoms with Gasteiger partial charge in [-0.1, -0.05) is 12.1 Å². The van der Waals surface area contributed by atoms with Crippen LogP contribution in [0.3, 0.4) is 0 Å². The van der Waals surface area contributed by atoms with Crippen molar-refractivity contribution in [2.45, 2.75) is 32.4 Å². The number of fused-ring (bicyclic) bond motifs is 1. The van der Waals surface area contributed by atoms with Gasteiger partial charge in [-0.3, -0.25) is 14.6 Å². The molecule has 0 N–H and O–H groups in total. The maximum absolute atomic E-state index is 12.4. The molecule has 1 saturated heterocycles. The van der Waals surface area contributed by atoms with Gasteiger partial charge in [0.25, 0.3) is 0 Å². The topological polar surface area (TPSA) is 59.8 Å². The predicted molar refractivity (Wildman–Crippen MR) is 99.8 cm³/mol. The first-order valence-corrected chi connectivity index (χ1v) is 9.26. The van der Waals surface area contributed by atoms with Crippen LogP contribution in [-0.4, -0.2) is 72.5 Å². The standard InChI is InChI=1S/C20H28N4O2/c1-20(2,15-21)22(3)19(25)14-24-9-7-23(8-10-24)13-16-4-5-18-17(12-16)6-11-26-18/h4-5,12H,6-11,13-14H2,1-3H3. The number of nitrogens with zero attached hydrogens (tertiary/aromatic N) is 4. The van der Waals surface area contributed by atoms with Crippen LogP contribution in [-0.2, 0) is 17.8 Å². The molecular weight excluding hydrogens is 328 g/mol. The molecule has 6 nitrogen and oxygen atoms in total. The Morgan fingerprint density at radius 2 is 1.96 bits per heavy atom. The fourth-order valence-electron chi connectivity index (χ4n) is 3.39. The van der Waals surface area contributed by atoms with Crippen LogP contribution in [0.2, 0.25) is 0 Å². The summed E-state index contributed by atoms with van der Waals surface area (Å²) in [5.74, 6) is 1.03. The summed E-state index contributed by atoms with van der Waals surface area (Å²) in [6, 6.07) is 8.68. The summed E-state index contributed by atoms with van der Waals surface area (Å²) in [7, 11) is 1.71. The molecule has 1 aromatic carbocycles. The molecule has 2 aliphatic heterocycles. The van der Waals surface area contributed by atoms with E-state index in [1.165, 1.54) is 11.1 Å². The Bertz CT molecular complexity index is 702. The molecule has 0 atom stereocenters. The number of rotatable bonds is 5. The van der Waals surface area contributed by atoms with E-state index in [4.69, 9.17) is 4.74 Å². The molecule has 0 spiro atoms. The van der Waals surface area contributed by atoms with Crippen LogP contribution in [0.1, 0.15) is 25.0 Å². The van der Waals surface area contributed by atoms with Crippen LogP contribution in [0, 0.1) is 11.3 Å². The van der Waals surface area contributed by atoms with Crippen LogP contribution in [0.25, 0.3) is 0 Å². The minimum absolute atomic E-state index is 0.00335. The Hall–Kier alpha value is -2.10. The third-order valence-electron chi connectivity index (χ3n) is 5.47. The third-order valence-corrected chi connectivity index (χ3v) is 5.47. The second-order valence-corrected chi connectivity index (χ2v) is 7.72. The summed E-state index contributed by atoms with van der Waals surface area (Å²) < 4.78 is 5.57. The van der Waals surface area contributed by atoms with Crippen molar-refractivity contribution < 1.29 is 9.53 Å². The van der Waals surface area contributed by atoms with Gasteiger partial charge in [-0.05, 0) is 31.0 Å². The largest absolute Gasteiger partial charge is 0.493 e. The minimum atomic E-state index is -0.768. The van der Waals surface area contributed by atoms with Gasteiger partial charge < -0.3 is 9.64 Å². The Balaban J connectivity index is 1.47. The molecule has 0 aliphatic carbocycles. The van der Waals surface area contributed by atoms with E-state index in [-0.39, 0.29) is 5.91 Å². The van der Waals surface area contributed by atoms with Gasteiger partial charge in [-0.25, -0.2) is 0 Å². The van der Waals surface area contributed by atoms with Crippen molar-refractivity contribution >= 4 is 5.91 Å². The molecular formula is C20H28N4O2. The number of carbonyl (C=O) groups excluding carboxylic acids is 1. The molecule has 0 radical (unpaired) electrons. The van der Waals surface area contributed by atoms with Crippen molar-refractivity contribution in [1.29, 1.82) is 5.26 Å². The molecule has 140 valence electrons. The lowest BCUT2D eigenvalue weighted by molar-refractivity contribution is -0.134. The van der Waals surface area contributed by atoms with E-state index in [2.05, 4.69) is 34.1 Å². The van der Waals surface area contributed by atoms with Crippen molar-refractivity contribution in [3.63, 3.8) is 0 Å². The lowest BCUT2D eigenvalue weighted by Gasteiger charge is -2.36. The van der Waals surface area contributed by atoms with E-state index >= 15 is 0 Å². The first-order chi connectivity index (χ1) is 12.4. The van der Waals surface area contributed by atoms with Gasteiger partial charge in [0, 0.05) is 46.2 Å². The molecule has 6 heteroatoms. The summed E-state index contributed by atoms with van der Waals surface area (Å²) >= 11 is 0. The van der Waals surface area contributed by atoms with Crippen LogP contribution in [0.15, 0.2) is 18.2 Å². The highest BCUT2D eigenvalue weighted by Gasteiger charge is 2.29. The number of carbonyl (C=O) groups is 1. The number of hydrogen-bond donors (Lipinski definition) is 0. The Kier molecular flexibility index (Phi) is 5.49. The van der Waals surface area contributed by atoms with Gasteiger partial charge in [-0.15, -0.1) is 0 Å². The van der Waals surface area contributed by atoms with E-state index in [0.29, 0.717) is 6.54 Å². The quantitative estimate of drug-likeness (QED) is 0.800. The fourth-order valence-corrected chi connectivity index (χ4v) is 3.39. The van der Waals surface area contributed by atoms with Gasteiger partial charge in [-0.2, -0.15) is 5.26 Å². The molecule has 0 bridgehead atoms. The molecule has 1 fully saturated rings. The summed E-state index contributed by atoms with van der Waals surface area (Å²) in [6.07, 6.45) is 1.01. The number of ether oxygens (including phenoxy) is 1. The first kappa shape index (κ1) is 18.7. The summed E-state index contributed by atoms with van der Waals surface area (Å²) in [6.45, 7) is 9.30. The number of nitriles is 1. The molecule has 1 amide bonds. The third kappa shape index (κ3) is 4.17. The second kappa shape index (κ2) is 7.65. The molecule has 0 saturated carbocycles. The highest BCUT2D eigenvalue weighted by molar-refractivity contribution is 5.79. The summed E-state index contributed by atoms with van der Waals surface area (Å²) in [5, 5.41) is 9.18. The van der Waals surface area contributed by atoms with Crippen LogP contribution >= 0.6 is 0 Å². The average molecular weight is 356 g/mol. The normalized spacial score (nSPS) is 18.1. The summed E-state index contributed by atoms with van der Waals surface area (Å²) in [5.41, 5.74) is 1.88. The van der Waals surface area contributed by atoms with Crippen LogP contribution in [0.5, 0.6) is 5.75 Å². The van der Waals surface area contributed by atoms with Gasteiger partial charge >= 0.3 is 0 Å². The smallest absolute Gasteiger partial charge is 0.237 e. The monoisotopic (exact) mass is 356 g/mol. The maximum atomic E-state index is 12.4. The Labute approximate surface area is 155 Å². The number of piperazine rings is 1. The van der Waals surface area contributed by atoms with E-state index < -0.39 is 5.54 Å². The Morgan fingerprint density at radius 3 is 2.65 bits per heavy atom. The van der Waals surface area contributed by atoms with Gasteiger partial charge in [0.2, 0.25) is 5.91 Å².